The third-order valence-corrected chi connectivity index (χ3v) is 3.10. The molecular formula is C15H14N2O3. The third-order valence-electron chi connectivity index (χ3n) is 3.10. The Morgan fingerprint density at radius 1 is 1.10 bits per heavy atom. The number of hydrogen-bond acceptors (Lipinski definition) is 4. The van der Waals surface area contributed by atoms with Gasteiger partial charge in [-0.05, 0) is 29.8 Å². The fraction of sp³-hybridized carbons (Fsp3) is 0.133. The maximum atomic E-state index is 11.7. The van der Waals surface area contributed by atoms with E-state index in [1.54, 1.807) is 18.2 Å². The highest BCUT2D eigenvalue weighted by atomic mass is 16.7. The van der Waals surface area contributed by atoms with Crippen molar-refractivity contribution in [1.29, 1.82) is 0 Å². The van der Waals surface area contributed by atoms with Crippen molar-refractivity contribution in [3.63, 3.8) is 0 Å². The standard InChI is InChI=1S/C15H14N2O3/c16-15(18)14(17-11-4-2-1-3-5-11)10-6-7-12-13(8-10)20-9-19-12/h1-8,14,17H,9H2,(H2,16,18). The van der Waals surface area contributed by atoms with Gasteiger partial charge in [0, 0.05) is 5.69 Å². The number of ether oxygens (including phenoxy) is 2. The zero-order valence-electron chi connectivity index (χ0n) is 10.7. The lowest BCUT2D eigenvalue weighted by Gasteiger charge is -2.17. The second-order valence-electron chi connectivity index (χ2n) is 4.46. The molecule has 2 aromatic rings. The Kier molecular flexibility index (Phi) is 3.16. The molecule has 0 saturated carbocycles. The molecular weight excluding hydrogens is 256 g/mol. The lowest BCUT2D eigenvalue weighted by Crippen LogP contribution is -2.27. The molecule has 5 heteroatoms. The van der Waals surface area contributed by atoms with Gasteiger partial charge in [-0.2, -0.15) is 0 Å². The Balaban J connectivity index is 1.89. The van der Waals surface area contributed by atoms with Gasteiger partial charge in [0.2, 0.25) is 12.7 Å². The highest BCUT2D eigenvalue weighted by Crippen LogP contribution is 2.34. The number of anilines is 1. The quantitative estimate of drug-likeness (QED) is 0.891. The summed E-state index contributed by atoms with van der Waals surface area (Å²) in [6, 6.07) is 14.2. The fourth-order valence-corrected chi connectivity index (χ4v) is 2.11. The van der Waals surface area contributed by atoms with Crippen molar-refractivity contribution < 1.29 is 14.3 Å². The molecule has 1 aliphatic heterocycles. The lowest BCUT2D eigenvalue weighted by molar-refractivity contribution is -0.118. The van der Waals surface area contributed by atoms with E-state index in [2.05, 4.69) is 5.32 Å². The Bertz CT molecular complexity index is 628. The Labute approximate surface area is 116 Å². The van der Waals surface area contributed by atoms with Crippen LogP contribution in [0.1, 0.15) is 11.6 Å². The molecule has 0 aliphatic carbocycles. The summed E-state index contributed by atoms with van der Waals surface area (Å²) < 4.78 is 10.6. The number of carbonyl (C=O) groups excluding carboxylic acids is 1. The minimum atomic E-state index is -0.619. The highest BCUT2D eigenvalue weighted by molar-refractivity contribution is 5.84. The van der Waals surface area contributed by atoms with Gasteiger partial charge in [-0.15, -0.1) is 0 Å². The number of hydrogen-bond donors (Lipinski definition) is 2. The van der Waals surface area contributed by atoms with E-state index >= 15 is 0 Å². The van der Waals surface area contributed by atoms with Crippen LogP contribution in [-0.4, -0.2) is 12.7 Å². The van der Waals surface area contributed by atoms with Crippen LogP contribution in [0.5, 0.6) is 11.5 Å². The summed E-state index contributed by atoms with van der Waals surface area (Å²) in [5, 5.41) is 3.12. The summed E-state index contributed by atoms with van der Waals surface area (Å²) in [5.41, 5.74) is 7.06. The molecule has 1 amide bonds. The number of benzene rings is 2. The van der Waals surface area contributed by atoms with E-state index < -0.39 is 11.9 Å². The van der Waals surface area contributed by atoms with Crippen molar-refractivity contribution in [2.45, 2.75) is 6.04 Å². The summed E-state index contributed by atoms with van der Waals surface area (Å²) in [6.45, 7) is 0.201. The maximum absolute atomic E-state index is 11.7. The van der Waals surface area contributed by atoms with E-state index in [4.69, 9.17) is 15.2 Å². The zero-order chi connectivity index (χ0) is 13.9. The van der Waals surface area contributed by atoms with Gasteiger partial charge in [-0.25, -0.2) is 0 Å². The molecule has 1 atom stereocenters. The molecule has 1 aliphatic rings. The van der Waals surface area contributed by atoms with E-state index in [0.717, 1.165) is 11.3 Å². The smallest absolute Gasteiger partial charge is 0.244 e. The maximum Gasteiger partial charge on any atom is 0.244 e. The first-order valence-electron chi connectivity index (χ1n) is 6.24. The number of fused-ring (bicyclic) bond motifs is 1. The lowest BCUT2D eigenvalue weighted by atomic mass is 10.1. The normalized spacial score (nSPS) is 13.8. The van der Waals surface area contributed by atoms with E-state index in [0.29, 0.717) is 11.5 Å². The van der Waals surface area contributed by atoms with Crippen LogP contribution < -0.4 is 20.5 Å². The molecule has 5 nitrogen and oxygen atoms in total. The number of amides is 1. The first-order chi connectivity index (χ1) is 9.74. The Morgan fingerprint density at radius 3 is 2.60 bits per heavy atom. The summed E-state index contributed by atoms with van der Waals surface area (Å²) in [6.07, 6.45) is 0. The van der Waals surface area contributed by atoms with Gasteiger partial charge >= 0.3 is 0 Å². The second kappa shape index (κ2) is 5.13. The summed E-state index contributed by atoms with van der Waals surface area (Å²) in [7, 11) is 0. The molecule has 102 valence electrons. The molecule has 3 N–H and O–H groups in total. The fourth-order valence-electron chi connectivity index (χ4n) is 2.11. The van der Waals surface area contributed by atoms with Crippen LogP contribution >= 0.6 is 0 Å². The summed E-state index contributed by atoms with van der Waals surface area (Å²) in [4.78, 5) is 11.7. The monoisotopic (exact) mass is 270 g/mol. The molecule has 0 fully saturated rings. The van der Waals surface area contributed by atoms with Gasteiger partial charge in [-0.3, -0.25) is 4.79 Å². The number of nitrogens with one attached hydrogen (secondary N) is 1. The van der Waals surface area contributed by atoms with Crippen LogP contribution in [0.4, 0.5) is 5.69 Å². The van der Waals surface area contributed by atoms with Crippen LogP contribution in [0.25, 0.3) is 0 Å². The molecule has 2 aromatic carbocycles. The molecule has 3 rings (SSSR count). The van der Waals surface area contributed by atoms with Crippen molar-refractivity contribution in [2.24, 2.45) is 5.73 Å². The minimum absolute atomic E-state index is 0.201. The minimum Gasteiger partial charge on any atom is -0.454 e. The van der Waals surface area contributed by atoms with E-state index in [1.807, 2.05) is 30.3 Å². The highest BCUT2D eigenvalue weighted by Gasteiger charge is 2.21. The molecule has 20 heavy (non-hydrogen) atoms. The van der Waals surface area contributed by atoms with E-state index in [1.165, 1.54) is 0 Å². The van der Waals surface area contributed by atoms with Crippen LogP contribution in [0, 0.1) is 0 Å². The SMILES string of the molecule is NC(=O)C(Nc1ccccc1)c1ccc2c(c1)OCO2. The molecule has 0 bridgehead atoms. The predicted octanol–water partition coefficient (Wildman–Crippen LogP) is 2.05. The van der Waals surface area contributed by atoms with Gasteiger partial charge in [-0.1, -0.05) is 24.3 Å². The van der Waals surface area contributed by atoms with E-state index in [-0.39, 0.29) is 6.79 Å². The average molecular weight is 270 g/mol. The van der Waals surface area contributed by atoms with Crippen molar-refractivity contribution in [3.8, 4) is 11.5 Å². The van der Waals surface area contributed by atoms with Crippen molar-refractivity contribution in [3.05, 3.63) is 54.1 Å². The Morgan fingerprint density at radius 2 is 1.85 bits per heavy atom. The molecule has 0 aromatic heterocycles. The first-order valence-corrected chi connectivity index (χ1v) is 6.24. The summed E-state index contributed by atoms with van der Waals surface area (Å²) >= 11 is 0. The van der Waals surface area contributed by atoms with Crippen molar-refractivity contribution in [1.82, 2.24) is 0 Å². The van der Waals surface area contributed by atoms with Crippen molar-refractivity contribution >= 4 is 11.6 Å². The molecule has 1 heterocycles. The second-order valence-corrected chi connectivity index (χ2v) is 4.46. The van der Waals surface area contributed by atoms with Gasteiger partial charge in [0.05, 0.1) is 0 Å². The van der Waals surface area contributed by atoms with Crippen LogP contribution in [-0.2, 0) is 4.79 Å². The summed E-state index contributed by atoms with van der Waals surface area (Å²) in [5.74, 6) is 0.855. The molecule has 0 radical (unpaired) electrons. The largest absolute Gasteiger partial charge is 0.454 e. The number of rotatable bonds is 4. The Hall–Kier alpha value is -2.69. The average Bonchev–Trinajstić information content (AvgIpc) is 2.93. The van der Waals surface area contributed by atoms with Gasteiger partial charge in [0.25, 0.3) is 0 Å². The van der Waals surface area contributed by atoms with Crippen LogP contribution in [0.15, 0.2) is 48.5 Å². The molecule has 0 spiro atoms. The van der Waals surface area contributed by atoms with Crippen molar-refractivity contribution in [2.75, 3.05) is 12.1 Å². The zero-order valence-corrected chi connectivity index (χ0v) is 10.7. The van der Waals surface area contributed by atoms with Gasteiger partial charge in [0.1, 0.15) is 6.04 Å². The van der Waals surface area contributed by atoms with Gasteiger partial charge < -0.3 is 20.5 Å². The number of para-hydroxylation sites is 1. The molecule has 1 unspecified atom stereocenters. The number of primary amides is 1. The number of nitrogens with two attached hydrogens (primary N) is 1. The number of carbonyl (C=O) groups is 1. The van der Waals surface area contributed by atoms with Crippen LogP contribution in [0.3, 0.4) is 0 Å². The van der Waals surface area contributed by atoms with Crippen LogP contribution in [0.2, 0.25) is 0 Å². The molecule has 0 saturated heterocycles. The van der Waals surface area contributed by atoms with Gasteiger partial charge in [0.15, 0.2) is 11.5 Å². The third kappa shape index (κ3) is 2.38. The van der Waals surface area contributed by atoms with E-state index in [9.17, 15) is 4.79 Å². The first kappa shape index (κ1) is 12.3. The predicted molar refractivity (Wildman–Crippen MR) is 74.6 cm³/mol. The topological polar surface area (TPSA) is 73.6 Å².